The van der Waals surface area contributed by atoms with Gasteiger partial charge in [0.15, 0.2) is 4.90 Å². The number of nitrogens with zero attached hydrogens (tertiary/aromatic N) is 2. The molecule has 1 fully saturated rings. The van der Waals surface area contributed by atoms with Gasteiger partial charge in [-0.1, -0.05) is 13.0 Å². The fraction of sp³-hybridized carbons (Fsp3) is 0.500. The lowest BCUT2D eigenvalue weighted by Crippen LogP contribution is -2.30. The van der Waals surface area contributed by atoms with Crippen molar-refractivity contribution in [2.24, 2.45) is 17.7 Å². The van der Waals surface area contributed by atoms with Crippen LogP contribution in [0.3, 0.4) is 0 Å². The molecule has 0 spiro atoms. The number of benzene rings is 1. The smallest absolute Gasteiger partial charge is 0.313 e. The number of nitrogens with two attached hydrogens (primary N) is 1. The van der Waals surface area contributed by atoms with Gasteiger partial charge in [-0.25, -0.2) is 12.7 Å². The van der Waals surface area contributed by atoms with E-state index in [0.717, 1.165) is 6.42 Å². The van der Waals surface area contributed by atoms with E-state index in [1.807, 2.05) is 6.92 Å². The van der Waals surface area contributed by atoms with Gasteiger partial charge >= 0.3 is 5.69 Å². The second-order valence-corrected chi connectivity index (χ2v) is 7.33. The summed E-state index contributed by atoms with van der Waals surface area (Å²) in [6, 6.07) is 4.00. The molecule has 1 aliphatic carbocycles. The van der Waals surface area contributed by atoms with Crippen LogP contribution in [0.4, 0.5) is 11.4 Å². The summed E-state index contributed by atoms with van der Waals surface area (Å²) >= 11 is 0. The van der Waals surface area contributed by atoms with Crippen LogP contribution in [-0.4, -0.2) is 31.2 Å². The second-order valence-electron chi connectivity index (χ2n) is 5.31. The largest absolute Gasteiger partial charge is 0.318 e. The van der Waals surface area contributed by atoms with Gasteiger partial charge in [-0.15, -0.1) is 0 Å². The van der Waals surface area contributed by atoms with Crippen LogP contribution in [0.1, 0.15) is 13.3 Å². The molecule has 21 heavy (non-hydrogen) atoms. The number of hydrogen-bond acceptors (Lipinski definition) is 6. The molecule has 0 bridgehead atoms. The molecule has 1 aromatic rings. The third kappa shape index (κ3) is 2.99. The number of para-hydroxylation sites is 1. The number of anilines is 1. The number of nitro benzene ring substituents is 1. The third-order valence-corrected chi connectivity index (χ3v) is 5.65. The van der Waals surface area contributed by atoms with Gasteiger partial charge < -0.3 is 5.43 Å². The van der Waals surface area contributed by atoms with Crippen LogP contribution in [0.2, 0.25) is 0 Å². The fourth-order valence-electron chi connectivity index (χ4n) is 2.28. The maximum atomic E-state index is 12.5. The van der Waals surface area contributed by atoms with E-state index in [2.05, 4.69) is 5.43 Å². The van der Waals surface area contributed by atoms with Crippen molar-refractivity contribution in [2.75, 3.05) is 19.0 Å². The molecule has 0 aliphatic heterocycles. The van der Waals surface area contributed by atoms with E-state index in [4.69, 9.17) is 5.84 Å². The van der Waals surface area contributed by atoms with Gasteiger partial charge in [0.05, 0.1) is 4.92 Å². The second kappa shape index (κ2) is 5.58. The molecule has 1 saturated carbocycles. The molecular weight excluding hydrogens is 296 g/mol. The third-order valence-electron chi connectivity index (χ3n) is 3.79. The topological polar surface area (TPSA) is 119 Å². The number of hydrazine groups is 1. The highest BCUT2D eigenvalue weighted by Crippen LogP contribution is 2.39. The van der Waals surface area contributed by atoms with E-state index in [1.54, 1.807) is 0 Å². The minimum atomic E-state index is -3.93. The average Bonchev–Trinajstić information content (AvgIpc) is 3.12. The molecule has 0 radical (unpaired) electrons. The Bertz CT molecular complexity index is 661. The van der Waals surface area contributed by atoms with Crippen LogP contribution in [0, 0.1) is 22.0 Å². The van der Waals surface area contributed by atoms with Crippen molar-refractivity contribution in [1.29, 1.82) is 0 Å². The molecule has 8 nitrogen and oxygen atoms in total. The molecule has 2 rings (SSSR count). The highest BCUT2D eigenvalue weighted by molar-refractivity contribution is 7.89. The van der Waals surface area contributed by atoms with Crippen molar-refractivity contribution < 1.29 is 13.3 Å². The zero-order chi connectivity index (χ0) is 15.8. The first-order valence-corrected chi connectivity index (χ1v) is 7.93. The summed E-state index contributed by atoms with van der Waals surface area (Å²) < 4.78 is 26.3. The molecule has 2 atom stereocenters. The van der Waals surface area contributed by atoms with E-state index < -0.39 is 20.6 Å². The molecule has 1 aromatic carbocycles. The Hall–Kier alpha value is -1.71. The summed E-state index contributed by atoms with van der Waals surface area (Å²) in [5.74, 6) is 6.04. The van der Waals surface area contributed by atoms with Gasteiger partial charge in [-0.05, 0) is 30.4 Å². The van der Waals surface area contributed by atoms with Crippen LogP contribution in [0.25, 0.3) is 0 Å². The summed E-state index contributed by atoms with van der Waals surface area (Å²) in [6.45, 7) is 2.41. The lowest BCUT2D eigenvalue weighted by Gasteiger charge is -2.17. The maximum Gasteiger partial charge on any atom is 0.313 e. The number of nitrogen functional groups attached to an aromatic ring is 1. The van der Waals surface area contributed by atoms with E-state index in [1.165, 1.54) is 29.6 Å². The zero-order valence-electron chi connectivity index (χ0n) is 11.8. The number of nitro groups is 1. The van der Waals surface area contributed by atoms with E-state index in [-0.39, 0.29) is 10.6 Å². The lowest BCUT2D eigenvalue weighted by atomic mass is 10.3. The Balaban J connectivity index is 2.41. The van der Waals surface area contributed by atoms with Gasteiger partial charge in [0.2, 0.25) is 10.0 Å². The van der Waals surface area contributed by atoms with Crippen molar-refractivity contribution in [3.63, 3.8) is 0 Å². The highest BCUT2D eigenvalue weighted by atomic mass is 32.2. The summed E-state index contributed by atoms with van der Waals surface area (Å²) in [7, 11) is -2.49. The first-order valence-electron chi connectivity index (χ1n) is 6.49. The quantitative estimate of drug-likeness (QED) is 0.462. The predicted molar refractivity (Wildman–Crippen MR) is 78.0 cm³/mol. The van der Waals surface area contributed by atoms with E-state index >= 15 is 0 Å². The summed E-state index contributed by atoms with van der Waals surface area (Å²) in [5.41, 5.74) is 1.60. The predicted octanol–water partition coefficient (Wildman–Crippen LogP) is 1.16. The van der Waals surface area contributed by atoms with Crippen LogP contribution in [0.5, 0.6) is 0 Å². The molecular formula is C12H18N4O4S. The molecule has 0 aromatic heterocycles. The van der Waals surface area contributed by atoms with Crippen molar-refractivity contribution >= 4 is 21.4 Å². The minimum Gasteiger partial charge on any atom is -0.318 e. The number of rotatable bonds is 6. The van der Waals surface area contributed by atoms with Gasteiger partial charge in [-0.2, -0.15) is 0 Å². The first-order chi connectivity index (χ1) is 9.78. The molecule has 1 aliphatic rings. The molecule has 3 N–H and O–H groups in total. The van der Waals surface area contributed by atoms with Crippen molar-refractivity contribution in [3.05, 3.63) is 28.3 Å². The number of hydrogen-bond donors (Lipinski definition) is 2. The van der Waals surface area contributed by atoms with Gasteiger partial charge in [0.25, 0.3) is 0 Å². The fourth-order valence-corrected chi connectivity index (χ4v) is 3.69. The van der Waals surface area contributed by atoms with Crippen molar-refractivity contribution in [2.45, 2.75) is 18.2 Å². The number of sulfonamides is 1. The van der Waals surface area contributed by atoms with Crippen LogP contribution < -0.4 is 11.3 Å². The summed E-state index contributed by atoms with van der Waals surface area (Å²) in [6.07, 6.45) is 0.979. The van der Waals surface area contributed by atoms with E-state index in [9.17, 15) is 18.5 Å². The van der Waals surface area contributed by atoms with Gasteiger partial charge in [0.1, 0.15) is 5.69 Å². The SMILES string of the molecule is CC1CC1CN(C)S(=O)(=O)c1cccc(NN)c1[N+](=O)[O-]. The molecule has 2 unspecified atom stereocenters. The van der Waals surface area contributed by atoms with Crippen LogP contribution in [0.15, 0.2) is 23.1 Å². The van der Waals surface area contributed by atoms with Crippen LogP contribution >= 0.6 is 0 Å². The molecule has 0 amide bonds. The Morgan fingerprint density at radius 2 is 2.14 bits per heavy atom. The molecule has 0 saturated heterocycles. The minimum absolute atomic E-state index is 0.0331. The molecule has 0 heterocycles. The number of nitrogens with one attached hydrogen (secondary N) is 1. The van der Waals surface area contributed by atoms with E-state index in [0.29, 0.717) is 18.4 Å². The first kappa shape index (κ1) is 15.7. The van der Waals surface area contributed by atoms with Crippen molar-refractivity contribution in [3.8, 4) is 0 Å². The maximum absolute atomic E-state index is 12.5. The standard InChI is InChI=1S/C12H18N4O4S/c1-8-6-9(8)7-15(2)21(19,20)11-5-3-4-10(14-13)12(11)16(17)18/h3-5,8-9,14H,6-7,13H2,1-2H3. The summed E-state index contributed by atoms with van der Waals surface area (Å²) in [4.78, 5) is 10.1. The van der Waals surface area contributed by atoms with Crippen LogP contribution in [-0.2, 0) is 10.0 Å². The normalized spacial score (nSPS) is 21.3. The average molecular weight is 314 g/mol. The Morgan fingerprint density at radius 1 is 1.52 bits per heavy atom. The monoisotopic (exact) mass is 314 g/mol. The van der Waals surface area contributed by atoms with Crippen molar-refractivity contribution in [1.82, 2.24) is 4.31 Å². The Labute approximate surface area is 123 Å². The molecule has 9 heteroatoms. The summed E-state index contributed by atoms with van der Waals surface area (Å²) in [5, 5.41) is 11.2. The Morgan fingerprint density at radius 3 is 2.62 bits per heavy atom. The lowest BCUT2D eigenvalue weighted by molar-refractivity contribution is -0.386. The molecule has 116 valence electrons. The van der Waals surface area contributed by atoms with Gasteiger partial charge in [-0.3, -0.25) is 16.0 Å². The Kier molecular flexibility index (Phi) is 4.17. The van der Waals surface area contributed by atoms with Gasteiger partial charge in [0, 0.05) is 13.6 Å². The highest BCUT2D eigenvalue weighted by Gasteiger charge is 2.38. The zero-order valence-corrected chi connectivity index (χ0v) is 12.6.